The molecule has 0 spiro atoms. The molecule has 1 aromatic rings. The van der Waals surface area contributed by atoms with E-state index in [1.165, 1.54) is 18.2 Å². The summed E-state index contributed by atoms with van der Waals surface area (Å²) < 4.78 is 0. The maximum atomic E-state index is 11.7. The van der Waals surface area contributed by atoms with Crippen LogP contribution in [0.4, 0.5) is 4.79 Å². The van der Waals surface area contributed by atoms with Crippen LogP contribution in [0.3, 0.4) is 0 Å². The van der Waals surface area contributed by atoms with Gasteiger partial charge in [-0.25, -0.2) is 9.78 Å². The highest BCUT2D eigenvalue weighted by molar-refractivity contribution is 7.99. The van der Waals surface area contributed by atoms with E-state index in [1.54, 1.807) is 0 Å². The van der Waals surface area contributed by atoms with Crippen molar-refractivity contribution in [1.29, 1.82) is 0 Å². The number of imide groups is 1. The minimum absolute atomic E-state index is 0.124. The van der Waals surface area contributed by atoms with Crippen LogP contribution in [0.1, 0.15) is 44.9 Å². The monoisotopic (exact) mass is 311 g/mol. The summed E-state index contributed by atoms with van der Waals surface area (Å²) in [5.74, 6) is 0.572. The van der Waals surface area contributed by atoms with Crippen LogP contribution >= 0.6 is 11.8 Å². The molecule has 0 aromatic carbocycles. The second kappa shape index (κ2) is 8.02. The van der Waals surface area contributed by atoms with Crippen LogP contribution in [0, 0.1) is 0 Å². The van der Waals surface area contributed by atoms with E-state index in [-0.39, 0.29) is 17.7 Å². The maximum Gasteiger partial charge on any atom is 0.321 e. The Hall–Kier alpha value is -1.57. The molecule has 3 N–H and O–H groups in total. The van der Waals surface area contributed by atoms with Gasteiger partial charge in [-0.2, -0.15) is 0 Å². The SMILES string of the molecule is CCc1nc(SCC(=O)NC(=O)NC2CCCCC2)n[nH]1. The van der Waals surface area contributed by atoms with Crippen LogP contribution in [0.2, 0.25) is 0 Å². The zero-order valence-electron chi connectivity index (χ0n) is 12.1. The molecule has 0 unspecified atom stereocenters. The van der Waals surface area contributed by atoms with Gasteiger partial charge in [0.1, 0.15) is 5.82 Å². The number of nitrogens with one attached hydrogen (secondary N) is 3. The molecule has 1 saturated carbocycles. The van der Waals surface area contributed by atoms with E-state index in [0.29, 0.717) is 5.16 Å². The number of aryl methyl sites for hydroxylation is 1. The number of carbonyl (C=O) groups excluding carboxylic acids is 2. The fourth-order valence-corrected chi connectivity index (χ4v) is 2.88. The van der Waals surface area contributed by atoms with Gasteiger partial charge in [0, 0.05) is 12.5 Å². The number of amides is 3. The zero-order valence-corrected chi connectivity index (χ0v) is 13.0. The summed E-state index contributed by atoms with van der Waals surface area (Å²) in [6.45, 7) is 1.97. The second-order valence-electron chi connectivity index (χ2n) is 5.06. The van der Waals surface area contributed by atoms with Crippen molar-refractivity contribution in [2.75, 3.05) is 5.75 Å². The highest BCUT2D eigenvalue weighted by Gasteiger charge is 2.17. The van der Waals surface area contributed by atoms with E-state index in [0.717, 1.165) is 37.9 Å². The lowest BCUT2D eigenvalue weighted by molar-refractivity contribution is -0.117. The first-order valence-corrected chi connectivity index (χ1v) is 8.30. The van der Waals surface area contributed by atoms with Crippen LogP contribution in [0.5, 0.6) is 0 Å². The predicted octanol–water partition coefficient (Wildman–Crippen LogP) is 1.62. The third-order valence-corrected chi connectivity index (χ3v) is 4.22. The van der Waals surface area contributed by atoms with Crippen molar-refractivity contribution in [1.82, 2.24) is 25.8 Å². The Morgan fingerprint density at radius 1 is 1.33 bits per heavy atom. The topological polar surface area (TPSA) is 99.8 Å². The Morgan fingerprint density at radius 3 is 2.76 bits per heavy atom. The Labute approximate surface area is 128 Å². The average molecular weight is 311 g/mol. The number of thioether (sulfide) groups is 1. The van der Waals surface area contributed by atoms with Gasteiger partial charge in [-0.3, -0.25) is 15.2 Å². The first-order valence-electron chi connectivity index (χ1n) is 7.31. The highest BCUT2D eigenvalue weighted by Crippen LogP contribution is 2.17. The molecule has 116 valence electrons. The van der Waals surface area contributed by atoms with Gasteiger partial charge < -0.3 is 5.32 Å². The number of hydrogen-bond acceptors (Lipinski definition) is 5. The molecule has 7 nitrogen and oxygen atoms in total. The van der Waals surface area contributed by atoms with Crippen LogP contribution < -0.4 is 10.6 Å². The molecular weight excluding hydrogens is 290 g/mol. The highest BCUT2D eigenvalue weighted by atomic mass is 32.2. The van der Waals surface area contributed by atoms with Crippen LogP contribution in [0.15, 0.2) is 5.16 Å². The molecule has 21 heavy (non-hydrogen) atoms. The summed E-state index contributed by atoms with van der Waals surface area (Å²) in [7, 11) is 0. The molecule has 1 heterocycles. The van der Waals surface area contributed by atoms with Crippen molar-refractivity contribution in [3.8, 4) is 0 Å². The third-order valence-electron chi connectivity index (χ3n) is 3.37. The van der Waals surface area contributed by atoms with Crippen LogP contribution in [-0.2, 0) is 11.2 Å². The average Bonchev–Trinajstić information content (AvgIpc) is 2.94. The number of rotatable bonds is 5. The van der Waals surface area contributed by atoms with Crippen molar-refractivity contribution < 1.29 is 9.59 Å². The normalized spacial score (nSPS) is 15.7. The van der Waals surface area contributed by atoms with Gasteiger partial charge in [-0.15, -0.1) is 5.10 Å². The molecule has 0 bridgehead atoms. The summed E-state index contributed by atoms with van der Waals surface area (Å²) in [5.41, 5.74) is 0. The molecule has 0 radical (unpaired) electrons. The van der Waals surface area contributed by atoms with Gasteiger partial charge in [-0.1, -0.05) is 37.9 Å². The molecule has 1 aliphatic carbocycles. The number of carbonyl (C=O) groups is 2. The number of urea groups is 1. The van der Waals surface area contributed by atoms with Crippen molar-refractivity contribution in [2.45, 2.75) is 56.6 Å². The van der Waals surface area contributed by atoms with Gasteiger partial charge >= 0.3 is 6.03 Å². The Bertz CT molecular complexity index is 485. The van der Waals surface area contributed by atoms with E-state index >= 15 is 0 Å². The van der Waals surface area contributed by atoms with Gasteiger partial charge in [0.2, 0.25) is 11.1 Å². The summed E-state index contributed by atoms with van der Waals surface area (Å²) in [4.78, 5) is 27.6. The molecule has 0 atom stereocenters. The number of aromatic amines is 1. The largest absolute Gasteiger partial charge is 0.335 e. The van der Waals surface area contributed by atoms with Crippen molar-refractivity contribution in [3.63, 3.8) is 0 Å². The first kappa shape index (κ1) is 15.8. The molecule has 0 saturated heterocycles. The van der Waals surface area contributed by atoms with Crippen LogP contribution in [-0.4, -0.2) is 38.9 Å². The number of aromatic nitrogens is 3. The van der Waals surface area contributed by atoms with Crippen molar-refractivity contribution in [3.05, 3.63) is 5.82 Å². The lowest BCUT2D eigenvalue weighted by Crippen LogP contribution is -2.45. The minimum atomic E-state index is -0.406. The van der Waals surface area contributed by atoms with Gasteiger partial charge in [0.05, 0.1) is 5.75 Å². The molecule has 3 amide bonds. The van der Waals surface area contributed by atoms with Gasteiger partial charge in [-0.05, 0) is 12.8 Å². The second-order valence-corrected chi connectivity index (χ2v) is 6.01. The van der Waals surface area contributed by atoms with Crippen molar-refractivity contribution >= 4 is 23.7 Å². The Balaban J connectivity index is 1.67. The van der Waals surface area contributed by atoms with Gasteiger partial charge in [0.25, 0.3) is 0 Å². The quantitative estimate of drug-likeness (QED) is 0.718. The Morgan fingerprint density at radius 2 is 2.10 bits per heavy atom. The minimum Gasteiger partial charge on any atom is -0.335 e. The van der Waals surface area contributed by atoms with E-state index in [9.17, 15) is 9.59 Å². The smallest absolute Gasteiger partial charge is 0.321 e. The first-order chi connectivity index (χ1) is 10.2. The van der Waals surface area contributed by atoms with Crippen LogP contribution in [0.25, 0.3) is 0 Å². The maximum absolute atomic E-state index is 11.7. The molecule has 1 aliphatic rings. The fraction of sp³-hybridized carbons (Fsp3) is 0.692. The summed E-state index contributed by atoms with van der Waals surface area (Å²) in [6.07, 6.45) is 6.26. The zero-order chi connectivity index (χ0) is 15.1. The summed E-state index contributed by atoms with van der Waals surface area (Å²) >= 11 is 1.21. The number of nitrogens with zero attached hydrogens (tertiary/aromatic N) is 2. The van der Waals surface area contributed by atoms with Crippen molar-refractivity contribution in [2.24, 2.45) is 0 Å². The van der Waals surface area contributed by atoms with E-state index < -0.39 is 6.03 Å². The Kier molecular flexibility index (Phi) is 6.04. The predicted molar refractivity (Wildman–Crippen MR) is 80.0 cm³/mol. The molecular formula is C13H21N5O2S. The molecule has 1 aromatic heterocycles. The lowest BCUT2D eigenvalue weighted by Gasteiger charge is -2.22. The fourth-order valence-electron chi connectivity index (χ4n) is 2.26. The molecule has 2 rings (SSSR count). The van der Waals surface area contributed by atoms with Gasteiger partial charge in [0.15, 0.2) is 0 Å². The third kappa shape index (κ3) is 5.37. The number of H-pyrrole nitrogens is 1. The lowest BCUT2D eigenvalue weighted by atomic mass is 9.96. The standard InChI is InChI=1S/C13H21N5O2S/c1-2-10-15-13(18-17-10)21-8-11(19)16-12(20)14-9-6-4-3-5-7-9/h9H,2-8H2,1H3,(H,15,17,18)(H2,14,16,19,20). The summed E-state index contributed by atoms with van der Waals surface area (Å²) in [5, 5.41) is 12.5. The molecule has 0 aliphatic heterocycles. The van der Waals surface area contributed by atoms with E-state index in [1.807, 2.05) is 6.92 Å². The summed E-state index contributed by atoms with van der Waals surface area (Å²) in [6, 6.07) is -0.212. The van der Waals surface area contributed by atoms with E-state index in [2.05, 4.69) is 25.8 Å². The molecule has 1 fully saturated rings. The number of hydrogen-bond donors (Lipinski definition) is 3. The van der Waals surface area contributed by atoms with E-state index in [4.69, 9.17) is 0 Å². The molecule has 8 heteroatoms.